The SMILES string of the molecule is CC(NC(=O)c1cccc(I)c1)C(=O)NC1CC1. The number of halogens is 1. The minimum Gasteiger partial charge on any atom is -0.352 e. The average molecular weight is 358 g/mol. The van der Waals surface area contributed by atoms with Crippen molar-refractivity contribution in [2.75, 3.05) is 0 Å². The maximum absolute atomic E-state index is 11.9. The van der Waals surface area contributed by atoms with Crippen molar-refractivity contribution in [2.24, 2.45) is 0 Å². The van der Waals surface area contributed by atoms with Gasteiger partial charge in [0, 0.05) is 15.2 Å². The molecular weight excluding hydrogens is 343 g/mol. The van der Waals surface area contributed by atoms with Gasteiger partial charge < -0.3 is 10.6 Å². The highest BCUT2D eigenvalue weighted by molar-refractivity contribution is 14.1. The number of hydrogen-bond donors (Lipinski definition) is 2. The number of carbonyl (C=O) groups is 2. The standard InChI is InChI=1S/C13H15IN2O2/c1-8(12(17)16-11-5-6-11)15-13(18)9-3-2-4-10(14)7-9/h2-4,7-8,11H,5-6H2,1H3,(H,15,18)(H,16,17). The number of rotatable bonds is 4. The summed E-state index contributed by atoms with van der Waals surface area (Å²) in [5, 5.41) is 5.57. The van der Waals surface area contributed by atoms with E-state index in [-0.39, 0.29) is 11.8 Å². The molecule has 18 heavy (non-hydrogen) atoms. The van der Waals surface area contributed by atoms with E-state index in [9.17, 15) is 9.59 Å². The third kappa shape index (κ3) is 3.69. The average Bonchev–Trinajstić information content (AvgIpc) is 3.12. The van der Waals surface area contributed by atoms with Crippen molar-refractivity contribution in [3.05, 3.63) is 33.4 Å². The fourth-order valence-corrected chi connectivity index (χ4v) is 2.07. The van der Waals surface area contributed by atoms with Crippen LogP contribution in [0.4, 0.5) is 0 Å². The lowest BCUT2D eigenvalue weighted by atomic mass is 10.2. The molecule has 1 aliphatic carbocycles. The molecule has 1 saturated carbocycles. The van der Waals surface area contributed by atoms with E-state index in [0.29, 0.717) is 11.6 Å². The van der Waals surface area contributed by atoms with Crippen LogP contribution in [0, 0.1) is 3.57 Å². The Morgan fingerprint density at radius 2 is 2.11 bits per heavy atom. The number of hydrogen-bond acceptors (Lipinski definition) is 2. The summed E-state index contributed by atoms with van der Waals surface area (Å²) in [6.45, 7) is 1.70. The zero-order chi connectivity index (χ0) is 13.1. The van der Waals surface area contributed by atoms with E-state index in [1.54, 1.807) is 19.1 Å². The lowest BCUT2D eigenvalue weighted by molar-refractivity contribution is -0.122. The molecule has 0 aromatic heterocycles. The first-order valence-electron chi connectivity index (χ1n) is 5.93. The van der Waals surface area contributed by atoms with Gasteiger partial charge >= 0.3 is 0 Å². The Hall–Kier alpha value is -1.11. The first kappa shape index (κ1) is 13.3. The van der Waals surface area contributed by atoms with Crippen LogP contribution >= 0.6 is 22.6 Å². The van der Waals surface area contributed by atoms with Crippen molar-refractivity contribution in [3.8, 4) is 0 Å². The van der Waals surface area contributed by atoms with Gasteiger partial charge in [-0.3, -0.25) is 9.59 Å². The summed E-state index contributed by atoms with van der Waals surface area (Å²) in [7, 11) is 0. The monoisotopic (exact) mass is 358 g/mol. The summed E-state index contributed by atoms with van der Waals surface area (Å²) in [5.74, 6) is -0.330. The van der Waals surface area contributed by atoms with Crippen LogP contribution in [0.2, 0.25) is 0 Å². The summed E-state index contributed by atoms with van der Waals surface area (Å²) < 4.78 is 0.996. The molecule has 1 fully saturated rings. The normalized spacial score (nSPS) is 15.9. The minimum atomic E-state index is -0.504. The van der Waals surface area contributed by atoms with Crippen LogP contribution in [-0.4, -0.2) is 23.9 Å². The molecule has 2 rings (SSSR count). The zero-order valence-electron chi connectivity index (χ0n) is 10.1. The van der Waals surface area contributed by atoms with E-state index < -0.39 is 6.04 Å². The van der Waals surface area contributed by atoms with E-state index in [1.807, 2.05) is 12.1 Å². The van der Waals surface area contributed by atoms with E-state index in [1.165, 1.54) is 0 Å². The van der Waals surface area contributed by atoms with Crippen LogP contribution in [0.3, 0.4) is 0 Å². The van der Waals surface area contributed by atoms with Gasteiger partial charge in [-0.1, -0.05) is 6.07 Å². The highest BCUT2D eigenvalue weighted by Gasteiger charge is 2.26. The first-order valence-corrected chi connectivity index (χ1v) is 7.01. The zero-order valence-corrected chi connectivity index (χ0v) is 12.2. The number of nitrogens with one attached hydrogen (secondary N) is 2. The van der Waals surface area contributed by atoms with Gasteiger partial charge in [0.15, 0.2) is 0 Å². The number of amides is 2. The molecule has 2 amide bonds. The molecule has 1 aromatic rings. The summed E-state index contributed by atoms with van der Waals surface area (Å²) in [6.07, 6.45) is 2.09. The highest BCUT2D eigenvalue weighted by atomic mass is 127. The van der Waals surface area contributed by atoms with Crippen LogP contribution in [0.15, 0.2) is 24.3 Å². The largest absolute Gasteiger partial charge is 0.352 e. The van der Waals surface area contributed by atoms with Gasteiger partial charge in [0.25, 0.3) is 5.91 Å². The van der Waals surface area contributed by atoms with Crippen molar-refractivity contribution >= 4 is 34.4 Å². The molecule has 2 N–H and O–H groups in total. The van der Waals surface area contributed by atoms with Gasteiger partial charge in [-0.2, -0.15) is 0 Å². The molecule has 0 saturated heterocycles. The summed E-state index contributed by atoms with van der Waals surface area (Å²) in [4.78, 5) is 23.6. The minimum absolute atomic E-state index is 0.114. The first-order chi connectivity index (χ1) is 8.56. The van der Waals surface area contributed by atoms with Crippen LogP contribution in [0.1, 0.15) is 30.1 Å². The third-order valence-corrected chi connectivity index (χ3v) is 3.42. The molecule has 4 nitrogen and oxygen atoms in total. The second-order valence-electron chi connectivity index (χ2n) is 4.49. The maximum Gasteiger partial charge on any atom is 0.251 e. The highest BCUT2D eigenvalue weighted by Crippen LogP contribution is 2.18. The van der Waals surface area contributed by atoms with Gasteiger partial charge in [-0.15, -0.1) is 0 Å². The topological polar surface area (TPSA) is 58.2 Å². The molecule has 5 heteroatoms. The molecule has 1 atom stereocenters. The Bertz CT molecular complexity index is 472. The second-order valence-corrected chi connectivity index (χ2v) is 5.73. The van der Waals surface area contributed by atoms with Crippen molar-refractivity contribution in [2.45, 2.75) is 31.8 Å². The van der Waals surface area contributed by atoms with Crippen LogP contribution < -0.4 is 10.6 Å². The van der Waals surface area contributed by atoms with Crippen molar-refractivity contribution in [1.82, 2.24) is 10.6 Å². The van der Waals surface area contributed by atoms with E-state index in [0.717, 1.165) is 16.4 Å². The van der Waals surface area contributed by atoms with E-state index in [4.69, 9.17) is 0 Å². The molecule has 1 aromatic carbocycles. The van der Waals surface area contributed by atoms with Gasteiger partial charge in [-0.25, -0.2) is 0 Å². The van der Waals surface area contributed by atoms with Gasteiger partial charge in [0.05, 0.1) is 0 Å². The summed E-state index contributed by atoms with van der Waals surface area (Å²) in [6, 6.07) is 7.09. The molecule has 96 valence electrons. The van der Waals surface area contributed by atoms with Crippen molar-refractivity contribution in [1.29, 1.82) is 0 Å². The fourth-order valence-electron chi connectivity index (χ4n) is 1.53. The van der Waals surface area contributed by atoms with E-state index >= 15 is 0 Å². The molecule has 1 aliphatic rings. The predicted molar refractivity (Wildman–Crippen MR) is 77.3 cm³/mol. The van der Waals surface area contributed by atoms with Crippen molar-refractivity contribution < 1.29 is 9.59 Å². The Labute approximate surface area is 120 Å². The smallest absolute Gasteiger partial charge is 0.251 e. The Morgan fingerprint density at radius 1 is 1.39 bits per heavy atom. The molecular formula is C13H15IN2O2. The number of carbonyl (C=O) groups excluding carboxylic acids is 2. The number of benzene rings is 1. The lowest BCUT2D eigenvalue weighted by Crippen LogP contribution is -2.45. The molecule has 1 unspecified atom stereocenters. The Morgan fingerprint density at radius 3 is 2.72 bits per heavy atom. The van der Waals surface area contributed by atoms with Gasteiger partial charge in [-0.05, 0) is 60.6 Å². The fraction of sp³-hybridized carbons (Fsp3) is 0.385. The molecule has 0 heterocycles. The van der Waals surface area contributed by atoms with Gasteiger partial charge in [0.2, 0.25) is 5.91 Å². The third-order valence-electron chi connectivity index (χ3n) is 2.75. The quantitative estimate of drug-likeness (QED) is 0.805. The second kappa shape index (κ2) is 5.69. The molecule has 0 aliphatic heterocycles. The van der Waals surface area contributed by atoms with Crippen molar-refractivity contribution in [3.63, 3.8) is 0 Å². The molecule has 0 radical (unpaired) electrons. The summed E-state index contributed by atoms with van der Waals surface area (Å²) in [5.41, 5.74) is 0.577. The van der Waals surface area contributed by atoms with E-state index in [2.05, 4.69) is 33.2 Å². The van der Waals surface area contributed by atoms with Crippen LogP contribution in [-0.2, 0) is 4.79 Å². The molecule has 0 spiro atoms. The lowest BCUT2D eigenvalue weighted by Gasteiger charge is -2.13. The predicted octanol–water partition coefficient (Wildman–Crippen LogP) is 1.69. The van der Waals surface area contributed by atoms with Crippen LogP contribution in [0.5, 0.6) is 0 Å². The van der Waals surface area contributed by atoms with Crippen LogP contribution in [0.25, 0.3) is 0 Å². The maximum atomic E-state index is 11.9. The Balaban J connectivity index is 1.91. The molecule has 0 bridgehead atoms. The summed E-state index contributed by atoms with van der Waals surface area (Å²) >= 11 is 2.15. The van der Waals surface area contributed by atoms with Gasteiger partial charge in [0.1, 0.15) is 6.04 Å². The Kier molecular flexibility index (Phi) is 4.21.